The molecule has 0 atom stereocenters. The number of rotatable bonds is 6. The van der Waals surface area contributed by atoms with Crippen molar-refractivity contribution >= 4 is 33.7 Å². The Morgan fingerprint density at radius 3 is 2.71 bits per heavy atom. The van der Waals surface area contributed by atoms with Gasteiger partial charge >= 0.3 is 0 Å². The summed E-state index contributed by atoms with van der Waals surface area (Å²) in [5, 5.41) is 12.2. The summed E-state index contributed by atoms with van der Waals surface area (Å²) >= 11 is 3.00. The third-order valence-electron chi connectivity index (χ3n) is 5.00. The highest BCUT2D eigenvalue weighted by atomic mass is 32.1. The monoisotopic (exact) mass is 451 g/mol. The van der Waals surface area contributed by atoms with Gasteiger partial charge < -0.3 is 4.74 Å². The number of nitrogens with zero attached hydrogens (tertiary/aromatic N) is 4. The molecule has 4 aromatic rings. The van der Waals surface area contributed by atoms with Crippen LogP contribution in [0.4, 0.5) is 5.13 Å². The van der Waals surface area contributed by atoms with Gasteiger partial charge in [-0.1, -0.05) is 24.3 Å². The van der Waals surface area contributed by atoms with Crippen LogP contribution in [-0.2, 0) is 11.3 Å². The molecule has 1 fully saturated rings. The van der Waals surface area contributed by atoms with Gasteiger partial charge in [-0.15, -0.1) is 22.7 Å². The lowest BCUT2D eigenvalue weighted by atomic mass is 10.2. The van der Waals surface area contributed by atoms with E-state index >= 15 is 0 Å². The smallest absolute Gasteiger partial charge is 0.261 e. The van der Waals surface area contributed by atoms with Crippen molar-refractivity contribution in [3.63, 3.8) is 0 Å². The van der Waals surface area contributed by atoms with Crippen molar-refractivity contribution in [3.8, 4) is 16.3 Å². The van der Waals surface area contributed by atoms with Gasteiger partial charge in [0.05, 0.1) is 35.0 Å². The Hall–Kier alpha value is -2.85. The predicted molar refractivity (Wildman–Crippen MR) is 123 cm³/mol. The molecule has 4 heterocycles. The molecule has 7 nitrogen and oxygen atoms in total. The topological polar surface area (TPSA) is 72.3 Å². The number of benzene rings is 1. The number of nitrogens with one attached hydrogen (secondary N) is 1. The number of para-hydroxylation sites is 1. The number of amides is 1. The third-order valence-corrected chi connectivity index (χ3v) is 6.68. The van der Waals surface area contributed by atoms with E-state index in [1.807, 2.05) is 53.2 Å². The normalized spacial score (nSPS) is 14.6. The van der Waals surface area contributed by atoms with E-state index < -0.39 is 0 Å². The molecule has 0 bridgehead atoms. The molecule has 31 heavy (non-hydrogen) atoms. The van der Waals surface area contributed by atoms with Crippen LogP contribution in [0.25, 0.3) is 16.3 Å². The van der Waals surface area contributed by atoms with E-state index in [1.165, 1.54) is 11.3 Å². The van der Waals surface area contributed by atoms with Crippen LogP contribution in [0.3, 0.4) is 0 Å². The van der Waals surface area contributed by atoms with E-state index in [0.29, 0.717) is 16.4 Å². The van der Waals surface area contributed by atoms with Gasteiger partial charge in [0.15, 0.2) is 5.13 Å². The van der Waals surface area contributed by atoms with E-state index in [9.17, 15) is 4.79 Å². The largest absolute Gasteiger partial charge is 0.379 e. The SMILES string of the molecule is O=C(Nc1nc(CN2CCOCC2)cs1)c1cn(-c2ccccc2)nc1-c1cccs1. The van der Waals surface area contributed by atoms with Gasteiger partial charge in [0.2, 0.25) is 0 Å². The lowest BCUT2D eigenvalue weighted by Crippen LogP contribution is -2.35. The zero-order chi connectivity index (χ0) is 21.0. The summed E-state index contributed by atoms with van der Waals surface area (Å²) in [6.07, 6.45) is 1.78. The number of anilines is 1. The average Bonchev–Trinajstić information content (AvgIpc) is 3.56. The summed E-state index contributed by atoms with van der Waals surface area (Å²) in [5.41, 5.74) is 3.06. The minimum Gasteiger partial charge on any atom is -0.379 e. The minimum atomic E-state index is -0.210. The van der Waals surface area contributed by atoms with Crippen molar-refractivity contribution in [2.75, 3.05) is 31.6 Å². The molecular formula is C22H21N5O2S2. The van der Waals surface area contributed by atoms with Crippen LogP contribution in [0.5, 0.6) is 0 Å². The molecule has 0 spiro atoms. The lowest BCUT2D eigenvalue weighted by Gasteiger charge is -2.25. The standard InChI is InChI=1S/C22H21N5O2S2/c28-21(24-22-23-16(15-31-22)13-26-8-10-29-11-9-26)18-14-27(17-5-2-1-3-6-17)25-20(18)19-7-4-12-30-19/h1-7,12,14-15H,8-11,13H2,(H,23,24,28). The molecule has 1 saturated heterocycles. The highest BCUT2D eigenvalue weighted by Crippen LogP contribution is 2.29. The van der Waals surface area contributed by atoms with Crippen molar-refractivity contribution in [2.24, 2.45) is 0 Å². The zero-order valence-corrected chi connectivity index (χ0v) is 18.4. The molecule has 1 aromatic carbocycles. The summed E-state index contributed by atoms with van der Waals surface area (Å²) < 4.78 is 7.14. The molecule has 5 rings (SSSR count). The number of morpholine rings is 1. The van der Waals surface area contributed by atoms with Crippen molar-refractivity contribution in [2.45, 2.75) is 6.54 Å². The fraction of sp³-hybridized carbons (Fsp3) is 0.227. The number of carbonyl (C=O) groups excluding carboxylic acids is 1. The van der Waals surface area contributed by atoms with E-state index in [4.69, 9.17) is 9.84 Å². The summed E-state index contributed by atoms with van der Waals surface area (Å²) in [5.74, 6) is -0.210. The second kappa shape index (κ2) is 9.11. The van der Waals surface area contributed by atoms with Crippen molar-refractivity contribution in [1.82, 2.24) is 19.7 Å². The molecule has 1 aliphatic rings. The van der Waals surface area contributed by atoms with Gasteiger partial charge in [0.1, 0.15) is 5.69 Å². The Labute approximate surface area is 187 Å². The quantitative estimate of drug-likeness (QED) is 0.477. The van der Waals surface area contributed by atoms with E-state index in [1.54, 1.807) is 22.2 Å². The molecule has 9 heteroatoms. The molecule has 3 aromatic heterocycles. The van der Waals surface area contributed by atoms with Crippen molar-refractivity contribution < 1.29 is 9.53 Å². The van der Waals surface area contributed by atoms with Gasteiger partial charge in [-0.3, -0.25) is 15.0 Å². The maximum absolute atomic E-state index is 13.2. The first-order valence-corrected chi connectivity index (χ1v) is 11.8. The summed E-state index contributed by atoms with van der Waals surface area (Å²) in [6, 6.07) is 13.7. The number of carbonyl (C=O) groups is 1. The number of thiazole rings is 1. The summed E-state index contributed by atoms with van der Waals surface area (Å²) in [7, 11) is 0. The molecule has 0 aliphatic carbocycles. The van der Waals surface area contributed by atoms with Gasteiger partial charge in [-0.2, -0.15) is 5.10 Å². The number of aromatic nitrogens is 3. The summed E-state index contributed by atoms with van der Waals surface area (Å²) in [6.45, 7) is 4.08. The Morgan fingerprint density at radius 1 is 1.10 bits per heavy atom. The Balaban J connectivity index is 1.37. The molecule has 0 unspecified atom stereocenters. The Morgan fingerprint density at radius 2 is 1.94 bits per heavy atom. The second-order valence-corrected chi connectivity index (χ2v) is 8.94. The zero-order valence-electron chi connectivity index (χ0n) is 16.7. The first kappa shape index (κ1) is 20.1. The van der Waals surface area contributed by atoms with Gasteiger partial charge in [0.25, 0.3) is 5.91 Å². The molecule has 0 saturated carbocycles. The van der Waals surface area contributed by atoms with Crippen LogP contribution in [0.1, 0.15) is 16.1 Å². The Bertz CT molecular complexity index is 1150. The molecule has 1 N–H and O–H groups in total. The maximum atomic E-state index is 13.2. The number of thiophene rings is 1. The van der Waals surface area contributed by atoms with Crippen molar-refractivity contribution in [1.29, 1.82) is 0 Å². The number of ether oxygens (including phenoxy) is 1. The molecule has 0 radical (unpaired) electrons. The Kier molecular flexibility index (Phi) is 5.90. The highest BCUT2D eigenvalue weighted by Gasteiger charge is 2.21. The third kappa shape index (κ3) is 4.59. The molecular weight excluding hydrogens is 430 g/mol. The van der Waals surface area contributed by atoms with Crippen LogP contribution < -0.4 is 5.32 Å². The van der Waals surface area contributed by atoms with Gasteiger partial charge in [-0.05, 0) is 23.6 Å². The maximum Gasteiger partial charge on any atom is 0.261 e. The summed E-state index contributed by atoms with van der Waals surface area (Å²) in [4.78, 5) is 21.0. The molecule has 1 aliphatic heterocycles. The van der Waals surface area contributed by atoms with E-state index in [0.717, 1.165) is 49.1 Å². The first-order valence-electron chi connectivity index (χ1n) is 10.0. The van der Waals surface area contributed by atoms with E-state index in [-0.39, 0.29) is 5.91 Å². The van der Waals surface area contributed by atoms with E-state index in [2.05, 4.69) is 15.2 Å². The highest BCUT2D eigenvalue weighted by molar-refractivity contribution is 7.14. The average molecular weight is 452 g/mol. The number of hydrogen-bond acceptors (Lipinski definition) is 7. The predicted octanol–water partition coefficient (Wildman–Crippen LogP) is 4.14. The van der Waals surface area contributed by atoms with Gasteiger partial charge in [-0.25, -0.2) is 9.67 Å². The lowest BCUT2D eigenvalue weighted by molar-refractivity contribution is 0.0337. The fourth-order valence-electron chi connectivity index (χ4n) is 3.44. The molecule has 1 amide bonds. The second-order valence-electron chi connectivity index (χ2n) is 7.14. The van der Waals surface area contributed by atoms with Crippen LogP contribution >= 0.6 is 22.7 Å². The minimum absolute atomic E-state index is 0.210. The van der Waals surface area contributed by atoms with Crippen LogP contribution in [0.15, 0.2) is 59.4 Å². The molecule has 158 valence electrons. The van der Waals surface area contributed by atoms with Gasteiger partial charge in [0, 0.05) is 31.2 Å². The van der Waals surface area contributed by atoms with Crippen LogP contribution in [0.2, 0.25) is 0 Å². The number of hydrogen-bond donors (Lipinski definition) is 1. The first-order chi connectivity index (χ1) is 15.3. The fourth-order valence-corrected chi connectivity index (χ4v) is 4.86. The van der Waals surface area contributed by atoms with Crippen LogP contribution in [-0.4, -0.2) is 51.9 Å². The van der Waals surface area contributed by atoms with Crippen molar-refractivity contribution in [3.05, 3.63) is 70.7 Å². The van der Waals surface area contributed by atoms with Crippen LogP contribution in [0, 0.1) is 0 Å².